The van der Waals surface area contributed by atoms with E-state index in [0.717, 1.165) is 36.1 Å². The summed E-state index contributed by atoms with van der Waals surface area (Å²) in [5.74, 6) is 1.14. The van der Waals surface area contributed by atoms with Crippen molar-refractivity contribution in [3.8, 4) is 5.75 Å². The Kier molecular flexibility index (Phi) is 3.82. The molecular formula is C18H18O2. The number of hydrogen-bond donors (Lipinski definition) is 0. The quantitative estimate of drug-likeness (QED) is 0.769. The van der Waals surface area contributed by atoms with Gasteiger partial charge in [-0.1, -0.05) is 42.5 Å². The SMILES string of the molecule is O=C1CCc2c(OCCCc3ccccc3)cccc21. The van der Waals surface area contributed by atoms with Gasteiger partial charge in [0, 0.05) is 17.5 Å². The Morgan fingerprint density at radius 3 is 2.65 bits per heavy atom. The molecule has 1 aliphatic rings. The molecule has 0 radical (unpaired) electrons. The van der Waals surface area contributed by atoms with Crippen LogP contribution in [0.2, 0.25) is 0 Å². The normalized spacial score (nSPS) is 13.3. The van der Waals surface area contributed by atoms with Crippen LogP contribution in [0.25, 0.3) is 0 Å². The summed E-state index contributed by atoms with van der Waals surface area (Å²) in [5, 5.41) is 0. The molecule has 0 atom stereocenters. The highest BCUT2D eigenvalue weighted by atomic mass is 16.5. The van der Waals surface area contributed by atoms with Gasteiger partial charge in [0.05, 0.1) is 6.61 Å². The Hall–Kier alpha value is -2.09. The minimum absolute atomic E-state index is 0.245. The average molecular weight is 266 g/mol. The molecule has 0 saturated heterocycles. The Labute approximate surface area is 119 Å². The van der Waals surface area contributed by atoms with Crippen LogP contribution in [0.5, 0.6) is 5.75 Å². The van der Waals surface area contributed by atoms with E-state index in [-0.39, 0.29) is 5.78 Å². The zero-order valence-corrected chi connectivity index (χ0v) is 11.5. The molecule has 0 fully saturated rings. The van der Waals surface area contributed by atoms with Gasteiger partial charge in [0.2, 0.25) is 0 Å². The summed E-state index contributed by atoms with van der Waals surface area (Å²) in [6, 6.07) is 16.2. The molecule has 0 aromatic heterocycles. The molecule has 2 nitrogen and oxygen atoms in total. The maximum Gasteiger partial charge on any atom is 0.163 e. The van der Waals surface area contributed by atoms with Gasteiger partial charge in [0.1, 0.15) is 5.75 Å². The first-order valence-electron chi connectivity index (χ1n) is 7.16. The van der Waals surface area contributed by atoms with E-state index in [0.29, 0.717) is 13.0 Å². The second-order valence-corrected chi connectivity index (χ2v) is 5.14. The summed E-state index contributed by atoms with van der Waals surface area (Å²) in [5.41, 5.74) is 3.28. The molecule has 0 aliphatic heterocycles. The van der Waals surface area contributed by atoms with E-state index >= 15 is 0 Å². The van der Waals surface area contributed by atoms with Crippen molar-refractivity contribution in [2.24, 2.45) is 0 Å². The van der Waals surface area contributed by atoms with Crippen molar-refractivity contribution in [1.82, 2.24) is 0 Å². The molecule has 0 unspecified atom stereocenters. The molecule has 2 heteroatoms. The first kappa shape index (κ1) is 12.9. The molecule has 0 bridgehead atoms. The fourth-order valence-electron chi connectivity index (χ4n) is 2.70. The Bertz CT molecular complexity index is 602. The largest absolute Gasteiger partial charge is 0.493 e. The number of ether oxygens (including phenoxy) is 1. The summed E-state index contributed by atoms with van der Waals surface area (Å²) >= 11 is 0. The number of carbonyl (C=O) groups excluding carboxylic acids is 1. The summed E-state index contributed by atoms with van der Waals surface area (Å²) in [4.78, 5) is 11.7. The van der Waals surface area contributed by atoms with Gasteiger partial charge in [0.15, 0.2) is 5.78 Å². The topological polar surface area (TPSA) is 26.3 Å². The Balaban J connectivity index is 1.56. The fourth-order valence-corrected chi connectivity index (χ4v) is 2.70. The highest BCUT2D eigenvalue weighted by Crippen LogP contribution is 2.30. The molecule has 1 aliphatic carbocycles. The Morgan fingerprint density at radius 2 is 1.80 bits per heavy atom. The highest BCUT2D eigenvalue weighted by Gasteiger charge is 2.22. The number of Topliss-reactive ketones (excluding diaryl/α,β-unsaturated/α-hetero) is 1. The molecule has 20 heavy (non-hydrogen) atoms. The minimum atomic E-state index is 0.245. The first-order valence-corrected chi connectivity index (χ1v) is 7.16. The van der Waals surface area contributed by atoms with Crippen molar-refractivity contribution in [1.29, 1.82) is 0 Å². The highest BCUT2D eigenvalue weighted by molar-refractivity contribution is 6.01. The van der Waals surface area contributed by atoms with Crippen LogP contribution in [-0.2, 0) is 12.8 Å². The molecule has 0 saturated carbocycles. The molecule has 0 N–H and O–H groups in total. The van der Waals surface area contributed by atoms with Gasteiger partial charge in [-0.3, -0.25) is 4.79 Å². The maximum absolute atomic E-state index is 11.7. The van der Waals surface area contributed by atoms with Gasteiger partial charge < -0.3 is 4.74 Å². The van der Waals surface area contributed by atoms with Crippen LogP contribution in [0.15, 0.2) is 48.5 Å². The van der Waals surface area contributed by atoms with E-state index in [1.807, 2.05) is 24.3 Å². The van der Waals surface area contributed by atoms with Crippen LogP contribution in [0.4, 0.5) is 0 Å². The monoisotopic (exact) mass is 266 g/mol. The third-order valence-corrected chi connectivity index (χ3v) is 3.75. The van der Waals surface area contributed by atoms with Crippen LogP contribution in [0, 0.1) is 0 Å². The lowest BCUT2D eigenvalue weighted by atomic mass is 10.1. The predicted molar refractivity (Wildman–Crippen MR) is 79.4 cm³/mol. The number of fused-ring (bicyclic) bond motifs is 1. The molecular weight excluding hydrogens is 248 g/mol. The third kappa shape index (κ3) is 2.74. The minimum Gasteiger partial charge on any atom is -0.493 e. The number of aryl methyl sites for hydroxylation is 1. The fraction of sp³-hybridized carbons (Fsp3) is 0.278. The van der Waals surface area contributed by atoms with Gasteiger partial charge in [0.25, 0.3) is 0 Å². The van der Waals surface area contributed by atoms with Crippen molar-refractivity contribution in [3.05, 3.63) is 65.2 Å². The molecule has 0 heterocycles. The predicted octanol–water partition coefficient (Wildman–Crippen LogP) is 3.83. The van der Waals surface area contributed by atoms with E-state index in [9.17, 15) is 4.79 Å². The molecule has 3 rings (SSSR count). The summed E-state index contributed by atoms with van der Waals surface area (Å²) in [6.07, 6.45) is 3.46. The van der Waals surface area contributed by atoms with Gasteiger partial charge in [-0.25, -0.2) is 0 Å². The molecule has 0 spiro atoms. The average Bonchev–Trinajstić information content (AvgIpc) is 2.87. The molecule has 0 amide bonds. The van der Waals surface area contributed by atoms with Gasteiger partial charge in [-0.15, -0.1) is 0 Å². The number of ketones is 1. The van der Waals surface area contributed by atoms with Crippen LogP contribution in [0.1, 0.15) is 34.3 Å². The van der Waals surface area contributed by atoms with Crippen LogP contribution in [-0.4, -0.2) is 12.4 Å². The zero-order valence-electron chi connectivity index (χ0n) is 11.5. The standard InChI is InChI=1S/C18H18O2/c19-17-12-11-16-15(17)9-4-10-18(16)20-13-5-8-14-6-2-1-3-7-14/h1-4,6-7,9-10H,5,8,11-13H2. The molecule has 102 valence electrons. The van der Waals surface area contributed by atoms with Crippen molar-refractivity contribution >= 4 is 5.78 Å². The second-order valence-electron chi connectivity index (χ2n) is 5.14. The molecule has 2 aromatic rings. The molecule has 2 aromatic carbocycles. The smallest absolute Gasteiger partial charge is 0.163 e. The van der Waals surface area contributed by atoms with Gasteiger partial charge in [-0.2, -0.15) is 0 Å². The lowest BCUT2D eigenvalue weighted by molar-refractivity contribution is 0.0994. The summed E-state index contributed by atoms with van der Waals surface area (Å²) in [6.45, 7) is 0.694. The third-order valence-electron chi connectivity index (χ3n) is 3.75. The lowest BCUT2D eigenvalue weighted by Gasteiger charge is -2.10. The van der Waals surface area contributed by atoms with Crippen LogP contribution < -0.4 is 4.74 Å². The number of rotatable bonds is 5. The van der Waals surface area contributed by atoms with Crippen molar-refractivity contribution in [3.63, 3.8) is 0 Å². The van der Waals surface area contributed by atoms with E-state index < -0.39 is 0 Å². The van der Waals surface area contributed by atoms with Gasteiger partial charge >= 0.3 is 0 Å². The van der Waals surface area contributed by atoms with Crippen LogP contribution in [0.3, 0.4) is 0 Å². The van der Waals surface area contributed by atoms with E-state index in [4.69, 9.17) is 4.74 Å². The van der Waals surface area contributed by atoms with E-state index in [1.54, 1.807) is 0 Å². The number of carbonyl (C=O) groups is 1. The number of hydrogen-bond acceptors (Lipinski definition) is 2. The second kappa shape index (κ2) is 5.91. The van der Waals surface area contributed by atoms with Crippen LogP contribution >= 0.6 is 0 Å². The van der Waals surface area contributed by atoms with E-state index in [1.165, 1.54) is 5.56 Å². The summed E-state index contributed by atoms with van der Waals surface area (Å²) < 4.78 is 5.87. The maximum atomic E-state index is 11.7. The lowest BCUT2D eigenvalue weighted by Crippen LogP contribution is -2.02. The number of benzene rings is 2. The van der Waals surface area contributed by atoms with Crippen molar-refractivity contribution in [2.75, 3.05) is 6.61 Å². The first-order chi connectivity index (χ1) is 9.84. The zero-order chi connectivity index (χ0) is 13.8. The van der Waals surface area contributed by atoms with Crippen molar-refractivity contribution < 1.29 is 9.53 Å². The Morgan fingerprint density at radius 1 is 0.950 bits per heavy atom. The summed E-state index contributed by atoms with van der Waals surface area (Å²) in [7, 11) is 0. The van der Waals surface area contributed by atoms with Gasteiger partial charge in [-0.05, 0) is 30.9 Å². The van der Waals surface area contributed by atoms with Crippen molar-refractivity contribution in [2.45, 2.75) is 25.7 Å². The van der Waals surface area contributed by atoms with E-state index in [2.05, 4.69) is 24.3 Å².